The highest BCUT2D eigenvalue weighted by Crippen LogP contribution is 2.42. The average Bonchev–Trinajstić information content (AvgIpc) is 3.23. The van der Waals surface area contributed by atoms with Gasteiger partial charge >= 0.3 is 0 Å². The smallest absolute Gasteiger partial charge is 0.224 e. The van der Waals surface area contributed by atoms with Gasteiger partial charge in [0.1, 0.15) is 6.17 Å². The van der Waals surface area contributed by atoms with E-state index in [-0.39, 0.29) is 11.8 Å². The summed E-state index contributed by atoms with van der Waals surface area (Å²) < 4.78 is 16.2. The summed E-state index contributed by atoms with van der Waals surface area (Å²) in [6.07, 6.45) is 2.22. The third kappa shape index (κ3) is 3.10. The van der Waals surface area contributed by atoms with Crippen LogP contribution < -0.4 is 14.2 Å². The number of amides is 2. The van der Waals surface area contributed by atoms with Crippen LogP contribution in [0.2, 0.25) is 0 Å². The Balaban J connectivity index is 2.09. The maximum Gasteiger partial charge on any atom is 0.224 e. The molecule has 2 aliphatic rings. The largest absolute Gasteiger partial charge is 0.493 e. The topological polar surface area (TPSA) is 68.3 Å². The zero-order chi connectivity index (χ0) is 18.0. The highest BCUT2D eigenvalue weighted by molar-refractivity contribution is 5.82. The van der Waals surface area contributed by atoms with Gasteiger partial charge in [0, 0.05) is 31.5 Å². The first-order valence-electron chi connectivity index (χ1n) is 8.49. The van der Waals surface area contributed by atoms with Crippen LogP contribution >= 0.6 is 0 Å². The van der Waals surface area contributed by atoms with E-state index in [1.165, 1.54) is 0 Å². The number of ether oxygens (including phenoxy) is 3. The van der Waals surface area contributed by atoms with Crippen LogP contribution in [-0.4, -0.2) is 56.0 Å². The zero-order valence-corrected chi connectivity index (χ0v) is 14.9. The van der Waals surface area contributed by atoms with E-state index in [4.69, 9.17) is 14.2 Å². The quantitative estimate of drug-likeness (QED) is 0.786. The fourth-order valence-corrected chi connectivity index (χ4v) is 3.63. The second kappa shape index (κ2) is 7.21. The first-order valence-corrected chi connectivity index (χ1v) is 8.49. The molecule has 0 radical (unpaired) electrons. The van der Waals surface area contributed by atoms with Crippen molar-refractivity contribution in [3.63, 3.8) is 0 Å². The van der Waals surface area contributed by atoms with Crippen LogP contribution in [0.1, 0.15) is 37.4 Å². The SMILES string of the molecule is COc1cc(C(N2CCCC2=O)N2CCCC2=O)cc(OC)c1OC. The lowest BCUT2D eigenvalue weighted by Gasteiger charge is -2.36. The summed E-state index contributed by atoms with van der Waals surface area (Å²) >= 11 is 0. The summed E-state index contributed by atoms with van der Waals surface area (Å²) in [5.41, 5.74) is 0.792. The molecule has 7 nitrogen and oxygen atoms in total. The molecule has 0 atom stereocenters. The van der Waals surface area contributed by atoms with Gasteiger partial charge in [0.2, 0.25) is 17.6 Å². The molecule has 0 spiro atoms. The fourth-order valence-electron chi connectivity index (χ4n) is 3.63. The zero-order valence-electron chi connectivity index (χ0n) is 14.9. The van der Waals surface area contributed by atoms with Crippen molar-refractivity contribution >= 4 is 11.8 Å². The Morgan fingerprint density at radius 1 is 0.840 bits per heavy atom. The average molecular weight is 348 g/mol. The Hall–Kier alpha value is -2.44. The van der Waals surface area contributed by atoms with Crippen LogP contribution in [0, 0.1) is 0 Å². The molecule has 2 saturated heterocycles. The van der Waals surface area contributed by atoms with E-state index in [1.807, 2.05) is 12.1 Å². The second-order valence-corrected chi connectivity index (χ2v) is 6.21. The molecule has 7 heteroatoms. The molecule has 2 fully saturated rings. The molecule has 25 heavy (non-hydrogen) atoms. The molecule has 0 aliphatic carbocycles. The molecule has 0 bridgehead atoms. The van der Waals surface area contributed by atoms with E-state index in [0.717, 1.165) is 18.4 Å². The maximum absolute atomic E-state index is 12.4. The highest BCUT2D eigenvalue weighted by Gasteiger charge is 2.38. The normalized spacial score (nSPS) is 17.6. The van der Waals surface area contributed by atoms with Crippen molar-refractivity contribution in [1.29, 1.82) is 0 Å². The number of carbonyl (C=O) groups is 2. The van der Waals surface area contributed by atoms with Crippen LogP contribution in [0.3, 0.4) is 0 Å². The van der Waals surface area contributed by atoms with Crippen molar-refractivity contribution in [3.05, 3.63) is 17.7 Å². The number of hydrogen-bond acceptors (Lipinski definition) is 5. The van der Waals surface area contributed by atoms with Gasteiger partial charge in [0.15, 0.2) is 11.5 Å². The lowest BCUT2D eigenvalue weighted by Crippen LogP contribution is -2.42. The van der Waals surface area contributed by atoms with E-state index in [1.54, 1.807) is 31.1 Å². The van der Waals surface area contributed by atoms with E-state index in [2.05, 4.69) is 0 Å². The van der Waals surface area contributed by atoms with Crippen LogP contribution in [0.15, 0.2) is 12.1 Å². The van der Waals surface area contributed by atoms with Gasteiger partial charge in [-0.1, -0.05) is 0 Å². The molecule has 3 rings (SSSR count). The third-order valence-corrected chi connectivity index (χ3v) is 4.80. The predicted octanol–water partition coefficient (Wildman–Crippen LogP) is 1.96. The number of nitrogens with zero attached hydrogens (tertiary/aromatic N) is 2. The summed E-state index contributed by atoms with van der Waals surface area (Å²) in [5.74, 6) is 1.66. The number of likely N-dealkylation sites (tertiary alicyclic amines) is 2. The lowest BCUT2D eigenvalue weighted by molar-refractivity contribution is -0.140. The van der Waals surface area contributed by atoms with Crippen LogP contribution in [0.5, 0.6) is 17.2 Å². The Bertz CT molecular complexity index is 624. The highest BCUT2D eigenvalue weighted by atomic mass is 16.5. The van der Waals surface area contributed by atoms with E-state index in [9.17, 15) is 9.59 Å². The van der Waals surface area contributed by atoms with Crippen molar-refractivity contribution < 1.29 is 23.8 Å². The number of carbonyl (C=O) groups excluding carboxylic acids is 2. The minimum absolute atomic E-state index is 0.0680. The van der Waals surface area contributed by atoms with Crippen LogP contribution in [-0.2, 0) is 9.59 Å². The van der Waals surface area contributed by atoms with Gasteiger partial charge in [-0.2, -0.15) is 0 Å². The monoisotopic (exact) mass is 348 g/mol. The first kappa shape index (κ1) is 17.4. The van der Waals surface area contributed by atoms with Gasteiger partial charge < -0.3 is 24.0 Å². The summed E-state index contributed by atoms with van der Waals surface area (Å²) in [6.45, 7) is 1.29. The summed E-state index contributed by atoms with van der Waals surface area (Å²) in [6, 6.07) is 3.65. The van der Waals surface area contributed by atoms with Gasteiger partial charge in [0.25, 0.3) is 0 Å². The van der Waals surface area contributed by atoms with Gasteiger partial charge in [-0.3, -0.25) is 9.59 Å². The molecular weight excluding hydrogens is 324 g/mol. The summed E-state index contributed by atoms with van der Waals surface area (Å²) in [4.78, 5) is 28.3. The molecule has 1 aromatic rings. The molecule has 136 valence electrons. The minimum atomic E-state index is -0.432. The van der Waals surface area contributed by atoms with E-state index < -0.39 is 6.17 Å². The Kier molecular flexibility index (Phi) is 5.01. The second-order valence-electron chi connectivity index (χ2n) is 6.21. The van der Waals surface area contributed by atoms with Crippen molar-refractivity contribution in [2.45, 2.75) is 31.8 Å². The van der Waals surface area contributed by atoms with Crippen LogP contribution in [0.25, 0.3) is 0 Å². The van der Waals surface area contributed by atoms with E-state index in [0.29, 0.717) is 43.2 Å². The van der Waals surface area contributed by atoms with Gasteiger partial charge in [-0.15, -0.1) is 0 Å². The minimum Gasteiger partial charge on any atom is -0.493 e. The third-order valence-electron chi connectivity index (χ3n) is 4.80. The summed E-state index contributed by atoms with van der Waals surface area (Å²) in [7, 11) is 4.65. The molecule has 0 aromatic heterocycles. The molecule has 2 amide bonds. The molecule has 1 aromatic carbocycles. The maximum atomic E-state index is 12.4. The van der Waals surface area contributed by atoms with Crippen LogP contribution in [0.4, 0.5) is 0 Å². The molecular formula is C18H24N2O5. The Labute approximate surface area is 147 Å². The lowest BCUT2D eigenvalue weighted by atomic mass is 10.1. The van der Waals surface area contributed by atoms with Gasteiger partial charge in [-0.25, -0.2) is 0 Å². The first-order chi connectivity index (χ1) is 12.1. The molecule has 2 aliphatic heterocycles. The summed E-state index contributed by atoms with van der Waals surface area (Å²) in [5, 5.41) is 0. The van der Waals surface area contributed by atoms with Crippen molar-refractivity contribution in [1.82, 2.24) is 9.80 Å². The van der Waals surface area contributed by atoms with Crippen molar-refractivity contribution in [3.8, 4) is 17.2 Å². The number of methoxy groups -OCH3 is 3. The Morgan fingerprint density at radius 2 is 1.32 bits per heavy atom. The van der Waals surface area contributed by atoms with E-state index >= 15 is 0 Å². The van der Waals surface area contributed by atoms with Gasteiger partial charge in [-0.05, 0) is 25.0 Å². The standard InChI is InChI=1S/C18H24N2O5/c1-23-13-10-12(11-14(24-2)17(13)25-3)18(19-8-4-6-15(19)21)20-9-5-7-16(20)22/h10-11,18H,4-9H2,1-3H3. The molecule has 2 heterocycles. The number of benzene rings is 1. The fraction of sp³-hybridized carbons (Fsp3) is 0.556. The number of rotatable bonds is 6. The predicted molar refractivity (Wildman–Crippen MR) is 90.7 cm³/mol. The Morgan fingerprint density at radius 3 is 1.64 bits per heavy atom. The molecule has 0 saturated carbocycles. The van der Waals surface area contributed by atoms with Gasteiger partial charge in [0.05, 0.1) is 21.3 Å². The molecule has 0 unspecified atom stereocenters. The van der Waals surface area contributed by atoms with Crippen molar-refractivity contribution in [2.24, 2.45) is 0 Å². The van der Waals surface area contributed by atoms with Crippen molar-refractivity contribution in [2.75, 3.05) is 34.4 Å². The molecule has 0 N–H and O–H groups in total. The number of hydrogen-bond donors (Lipinski definition) is 0.